The van der Waals surface area contributed by atoms with Crippen LogP contribution in [0.4, 0.5) is 18.9 Å². The van der Waals surface area contributed by atoms with Crippen LogP contribution in [0.2, 0.25) is 0 Å². The fraction of sp³-hybridized carbons (Fsp3) is 0.520. The number of rotatable bonds is 3. The van der Waals surface area contributed by atoms with Gasteiger partial charge in [-0.15, -0.1) is 0 Å². The minimum Gasteiger partial charge on any atom is -0.370 e. The summed E-state index contributed by atoms with van der Waals surface area (Å²) in [5.74, 6) is -1.66. The lowest BCUT2D eigenvalue weighted by Gasteiger charge is -2.42. The maximum Gasteiger partial charge on any atom is 0.449 e. The first-order valence-corrected chi connectivity index (χ1v) is 13.0. The number of carbonyl (C=O) groups excluding carboxylic acids is 1. The van der Waals surface area contributed by atoms with Crippen LogP contribution in [0.25, 0.3) is 10.9 Å². The van der Waals surface area contributed by atoms with Crippen LogP contribution in [0.1, 0.15) is 37.7 Å². The largest absolute Gasteiger partial charge is 0.449 e. The maximum atomic E-state index is 13.3. The molecule has 0 radical (unpaired) electrons. The number of hydrogen-bond acceptors (Lipinski definition) is 5. The predicted molar refractivity (Wildman–Crippen MR) is 136 cm³/mol. The molecular formula is C25H28BrF3N6O. The van der Waals surface area contributed by atoms with Crippen molar-refractivity contribution in [3.05, 3.63) is 34.4 Å². The standard InChI is InChI=1S/C25H28BrF3N6O/c1-14-12-33(22-18-5-4-16(15-2-3-15)10-20(18)32-11-19(22)26)7-6-17(14)23(36)34-8-9-35(21(30)13-34)24(31)25(27,28)29/h4-5,10-11,14-15,17,30-31H,2-3,6-9,12-13H2,1H3. The summed E-state index contributed by atoms with van der Waals surface area (Å²) in [5.41, 5.74) is 3.36. The zero-order valence-electron chi connectivity index (χ0n) is 19.9. The van der Waals surface area contributed by atoms with Crippen molar-refractivity contribution in [3.63, 3.8) is 0 Å². The summed E-state index contributed by atoms with van der Waals surface area (Å²) in [6, 6.07) is 6.50. The third-order valence-corrected chi connectivity index (χ3v) is 8.10. The van der Waals surface area contributed by atoms with Crippen LogP contribution in [-0.2, 0) is 4.79 Å². The summed E-state index contributed by atoms with van der Waals surface area (Å²) in [4.78, 5) is 22.3. The van der Waals surface area contributed by atoms with E-state index in [0.717, 1.165) is 21.1 Å². The fourth-order valence-electron chi connectivity index (χ4n) is 5.40. The molecule has 1 amide bonds. The number of amidine groups is 2. The van der Waals surface area contributed by atoms with Gasteiger partial charge in [-0.05, 0) is 58.7 Å². The Morgan fingerprint density at radius 3 is 2.56 bits per heavy atom. The molecule has 1 aromatic carbocycles. The average molecular weight is 565 g/mol. The van der Waals surface area contributed by atoms with E-state index < -0.39 is 12.0 Å². The Kier molecular flexibility index (Phi) is 6.46. The molecule has 1 saturated carbocycles. The highest BCUT2D eigenvalue weighted by Gasteiger charge is 2.43. The molecule has 11 heteroatoms. The molecule has 2 unspecified atom stereocenters. The lowest BCUT2D eigenvalue weighted by Crippen LogP contribution is -2.58. The van der Waals surface area contributed by atoms with Crippen molar-refractivity contribution in [3.8, 4) is 0 Å². The Bertz CT molecular complexity index is 1230. The van der Waals surface area contributed by atoms with Crippen LogP contribution in [0, 0.1) is 22.7 Å². The predicted octanol–water partition coefficient (Wildman–Crippen LogP) is 5.00. The van der Waals surface area contributed by atoms with E-state index in [1.54, 1.807) is 0 Å². The number of halogens is 4. The zero-order chi connectivity index (χ0) is 25.8. The van der Waals surface area contributed by atoms with E-state index in [1.807, 2.05) is 13.1 Å². The summed E-state index contributed by atoms with van der Waals surface area (Å²) in [6.45, 7) is 3.01. The number of piperidine rings is 1. The number of pyridine rings is 1. The summed E-state index contributed by atoms with van der Waals surface area (Å²) >= 11 is 3.67. The second-order valence-electron chi connectivity index (χ2n) is 10.0. The van der Waals surface area contributed by atoms with Crippen molar-refractivity contribution in [2.45, 2.75) is 38.3 Å². The summed E-state index contributed by atoms with van der Waals surface area (Å²) in [5, 5.41) is 16.4. The molecule has 192 valence electrons. The minimum atomic E-state index is -4.81. The molecule has 2 aliphatic heterocycles. The number of nitrogens with one attached hydrogen (secondary N) is 2. The van der Waals surface area contributed by atoms with Crippen molar-refractivity contribution < 1.29 is 18.0 Å². The van der Waals surface area contributed by atoms with E-state index in [9.17, 15) is 18.0 Å². The molecule has 0 spiro atoms. The smallest absolute Gasteiger partial charge is 0.370 e. The Hall–Kier alpha value is -2.69. The third kappa shape index (κ3) is 4.69. The van der Waals surface area contributed by atoms with Gasteiger partial charge in [-0.25, -0.2) is 0 Å². The number of anilines is 1. The molecule has 2 saturated heterocycles. The topological polar surface area (TPSA) is 87.4 Å². The molecule has 1 aliphatic carbocycles. The summed E-state index contributed by atoms with van der Waals surface area (Å²) < 4.78 is 39.6. The van der Waals surface area contributed by atoms with Crippen molar-refractivity contribution >= 4 is 50.1 Å². The summed E-state index contributed by atoms with van der Waals surface area (Å²) in [6.07, 6.45) is 0.0908. The molecule has 1 aromatic heterocycles. The zero-order valence-corrected chi connectivity index (χ0v) is 21.5. The average Bonchev–Trinajstić information content (AvgIpc) is 3.68. The monoisotopic (exact) mass is 564 g/mol. The van der Waals surface area contributed by atoms with Gasteiger partial charge < -0.3 is 14.7 Å². The van der Waals surface area contributed by atoms with Gasteiger partial charge in [0.05, 0.1) is 22.2 Å². The van der Waals surface area contributed by atoms with Gasteiger partial charge in [0.2, 0.25) is 11.7 Å². The first-order valence-electron chi connectivity index (χ1n) is 12.2. The number of hydrogen-bond donors (Lipinski definition) is 2. The van der Waals surface area contributed by atoms with E-state index in [2.05, 4.69) is 44.0 Å². The number of benzene rings is 1. The number of fused-ring (bicyclic) bond motifs is 1. The Labute approximate surface area is 215 Å². The molecule has 2 N–H and O–H groups in total. The van der Waals surface area contributed by atoms with E-state index >= 15 is 0 Å². The molecule has 36 heavy (non-hydrogen) atoms. The maximum absolute atomic E-state index is 13.3. The normalized spacial score (nSPS) is 23.4. The number of aromatic nitrogens is 1. The van der Waals surface area contributed by atoms with Crippen LogP contribution in [0.5, 0.6) is 0 Å². The molecule has 3 heterocycles. The van der Waals surface area contributed by atoms with Gasteiger partial charge in [0.1, 0.15) is 5.84 Å². The quantitative estimate of drug-likeness (QED) is 0.405. The molecule has 5 rings (SSSR count). The van der Waals surface area contributed by atoms with Crippen molar-refractivity contribution in [1.82, 2.24) is 14.8 Å². The second kappa shape index (κ2) is 9.32. The number of piperazine rings is 1. The first-order chi connectivity index (χ1) is 17.0. The molecule has 3 fully saturated rings. The molecule has 0 bridgehead atoms. The van der Waals surface area contributed by atoms with Crippen molar-refractivity contribution in [1.29, 1.82) is 10.8 Å². The van der Waals surface area contributed by atoms with Gasteiger partial charge in [-0.2, -0.15) is 13.2 Å². The van der Waals surface area contributed by atoms with Crippen molar-refractivity contribution in [2.24, 2.45) is 11.8 Å². The number of nitrogens with zero attached hydrogens (tertiary/aromatic N) is 4. The molecule has 2 aromatic rings. The molecule has 7 nitrogen and oxygen atoms in total. The van der Waals surface area contributed by atoms with Gasteiger partial charge in [0.15, 0.2) is 0 Å². The molecular weight excluding hydrogens is 537 g/mol. The number of alkyl halides is 3. The van der Waals surface area contributed by atoms with Crippen LogP contribution in [0.3, 0.4) is 0 Å². The molecule has 3 aliphatic rings. The highest BCUT2D eigenvalue weighted by molar-refractivity contribution is 9.10. The third-order valence-electron chi connectivity index (χ3n) is 7.52. The minimum absolute atomic E-state index is 0.0211. The number of carbonyl (C=O) groups is 1. The second-order valence-corrected chi connectivity index (χ2v) is 10.9. The summed E-state index contributed by atoms with van der Waals surface area (Å²) in [7, 11) is 0. The Morgan fingerprint density at radius 2 is 1.92 bits per heavy atom. The lowest BCUT2D eigenvalue weighted by molar-refractivity contribution is -0.137. The fourth-order valence-corrected chi connectivity index (χ4v) is 5.97. The van der Waals surface area contributed by atoms with Crippen LogP contribution in [0.15, 0.2) is 28.9 Å². The van der Waals surface area contributed by atoms with E-state index in [0.29, 0.717) is 30.3 Å². The van der Waals surface area contributed by atoms with Crippen molar-refractivity contribution in [2.75, 3.05) is 37.6 Å². The SMILES string of the molecule is CC1CN(c2c(Br)cnc3cc(C4CC4)ccc23)CCC1C(=O)N1CCN(C(=N)C(F)(F)F)C(=N)C1. The van der Waals surface area contributed by atoms with Gasteiger partial charge in [-0.1, -0.05) is 19.1 Å². The Morgan fingerprint density at radius 1 is 1.17 bits per heavy atom. The highest BCUT2D eigenvalue weighted by atomic mass is 79.9. The van der Waals surface area contributed by atoms with Gasteiger partial charge >= 0.3 is 6.18 Å². The van der Waals surface area contributed by atoms with Gasteiger partial charge in [0.25, 0.3) is 0 Å². The number of amides is 1. The first kappa shape index (κ1) is 25.0. The lowest BCUT2D eigenvalue weighted by atomic mass is 9.85. The van der Waals surface area contributed by atoms with E-state index in [1.165, 1.54) is 23.3 Å². The van der Waals surface area contributed by atoms with Gasteiger partial charge in [-0.3, -0.25) is 20.6 Å². The van der Waals surface area contributed by atoms with E-state index in [-0.39, 0.29) is 43.2 Å². The van der Waals surface area contributed by atoms with Crippen LogP contribution < -0.4 is 4.90 Å². The molecule has 2 atom stereocenters. The highest BCUT2D eigenvalue weighted by Crippen LogP contribution is 2.43. The Balaban J connectivity index is 1.27. The van der Waals surface area contributed by atoms with Crippen LogP contribution >= 0.6 is 15.9 Å². The van der Waals surface area contributed by atoms with Gasteiger partial charge in [0, 0.05) is 43.7 Å². The van der Waals surface area contributed by atoms with Crippen LogP contribution in [-0.4, -0.2) is 71.3 Å². The van der Waals surface area contributed by atoms with E-state index in [4.69, 9.17) is 10.8 Å².